The molecule has 92 valence electrons. The predicted octanol–water partition coefficient (Wildman–Crippen LogP) is 2.85. The Labute approximate surface area is 103 Å². The van der Waals surface area contributed by atoms with E-state index in [9.17, 15) is 0 Å². The summed E-state index contributed by atoms with van der Waals surface area (Å²) >= 11 is 1.70. The molecule has 0 aliphatic carbocycles. The lowest BCUT2D eigenvalue weighted by molar-refractivity contribution is 0.273. The average molecular weight is 241 g/mol. The standard InChI is InChI=1S/C12H23N3S/c1-5-11-9-16-12(14-11)13-7-6-8-15(4)10(2)3/h9-10H,5-8H2,1-4H3,(H,13,14). The zero-order valence-corrected chi connectivity index (χ0v) is 11.6. The van der Waals surface area contributed by atoms with Crippen molar-refractivity contribution in [3.8, 4) is 0 Å². The van der Waals surface area contributed by atoms with Gasteiger partial charge < -0.3 is 10.2 Å². The van der Waals surface area contributed by atoms with Crippen LogP contribution in [0.15, 0.2) is 5.38 Å². The second-order valence-corrected chi connectivity index (χ2v) is 5.21. The lowest BCUT2D eigenvalue weighted by Crippen LogP contribution is -2.28. The molecule has 0 saturated heterocycles. The molecule has 0 aliphatic heterocycles. The number of thiazole rings is 1. The minimum absolute atomic E-state index is 0.631. The van der Waals surface area contributed by atoms with Gasteiger partial charge in [0.1, 0.15) is 0 Å². The molecule has 1 N–H and O–H groups in total. The van der Waals surface area contributed by atoms with Gasteiger partial charge in [-0.3, -0.25) is 0 Å². The fraction of sp³-hybridized carbons (Fsp3) is 0.750. The van der Waals surface area contributed by atoms with Gasteiger partial charge >= 0.3 is 0 Å². The third kappa shape index (κ3) is 4.49. The van der Waals surface area contributed by atoms with Crippen molar-refractivity contribution in [2.75, 3.05) is 25.5 Å². The monoisotopic (exact) mass is 241 g/mol. The highest BCUT2D eigenvalue weighted by Gasteiger charge is 2.02. The van der Waals surface area contributed by atoms with Crippen LogP contribution in [0.5, 0.6) is 0 Å². The summed E-state index contributed by atoms with van der Waals surface area (Å²) in [6.07, 6.45) is 2.18. The van der Waals surface area contributed by atoms with Crippen molar-refractivity contribution in [3.63, 3.8) is 0 Å². The minimum Gasteiger partial charge on any atom is -0.361 e. The van der Waals surface area contributed by atoms with Gasteiger partial charge in [0, 0.05) is 18.0 Å². The first-order chi connectivity index (χ1) is 7.63. The van der Waals surface area contributed by atoms with E-state index in [1.807, 2.05) is 0 Å². The van der Waals surface area contributed by atoms with E-state index in [0.717, 1.165) is 31.1 Å². The highest BCUT2D eigenvalue weighted by Crippen LogP contribution is 2.15. The summed E-state index contributed by atoms with van der Waals surface area (Å²) in [7, 11) is 2.17. The first-order valence-electron chi connectivity index (χ1n) is 6.02. The zero-order chi connectivity index (χ0) is 12.0. The summed E-state index contributed by atoms with van der Waals surface area (Å²) in [5.41, 5.74) is 1.19. The number of nitrogens with zero attached hydrogens (tertiary/aromatic N) is 2. The number of anilines is 1. The zero-order valence-electron chi connectivity index (χ0n) is 10.8. The summed E-state index contributed by atoms with van der Waals surface area (Å²) in [5, 5.41) is 6.56. The molecule has 0 bridgehead atoms. The molecular formula is C12H23N3S. The van der Waals surface area contributed by atoms with Gasteiger partial charge in [-0.15, -0.1) is 11.3 Å². The molecule has 0 atom stereocenters. The molecule has 0 saturated carbocycles. The summed E-state index contributed by atoms with van der Waals surface area (Å²) in [4.78, 5) is 6.84. The SMILES string of the molecule is CCc1csc(NCCCN(C)C(C)C)n1. The minimum atomic E-state index is 0.631. The second kappa shape index (κ2) is 6.86. The highest BCUT2D eigenvalue weighted by molar-refractivity contribution is 7.13. The van der Waals surface area contributed by atoms with E-state index in [-0.39, 0.29) is 0 Å². The molecule has 0 fully saturated rings. The van der Waals surface area contributed by atoms with Crippen molar-refractivity contribution in [1.29, 1.82) is 0 Å². The van der Waals surface area contributed by atoms with Crippen LogP contribution in [0.2, 0.25) is 0 Å². The molecule has 16 heavy (non-hydrogen) atoms. The Bertz CT molecular complexity index is 296. The Hall–Kier alpha value is -0.610. The van der Waals surface area contributed by atoms with Gasteiger partial charge in [0.25, 0.3) is 0 Å². The van der Waals surface area contributed by atoms with E-state index in [2.05, 4.69) is 48.4 Å². The number of aryl methyl sites for hydroxylation is 1. The Morgan fingerprint density at radius 2 is 2.25 bits per heavy atom. The largest absolute Gasteiger partial charge is 0.361 e. The quantitative estimate of drug-likeness (QED) is 0.744. The first-order valence-corrected chi connectivity index (χ1v) is 6.90. The Morgan fingerprint density at radius 3 is 2.81 bits per heavy atom. The first kappa shape index (κ1) is 13.5. The molecule has 0 amide bonds. The molecule has 1 aromatic heterocycles. The van der Waals surface area contributed by atoms with Crippen molar-refractivity contribution in [3.05, 3.63) is 11.1 Å². The van der Waals surface area contributed by atoms with Crippen LogP contribution < -0.4 is 5.32 Å². The molecule has 1 rings (SSSR count). The van der Waals surface area contributed by atoms with E-state index in [0.29, 0.717) is 6.04 Å². The van der Waals surface area contributed by atoms with Crippen LogP contribution in [0.4, 0.5) is 5.13 Å². The summed E-state index contributed by atoms with van der Waals surface area (Å²) < 4.78 is 0. The van der Waals surface area contributed by atoms with E-state index in [1.54, 1.807) is 11.3 Å². The smallest absolute Gasteiger partial charge is 0.182 e. The number of aromatic nitrogens is 1. The summed E-state index contributed by atoms with van der Waals surface area (Å²) in [6, 6.07) is 0.631. The lowest BCUT2D eigenvalue weighted by atomic mass is 10.3. The van der Waals surface area contributed by atoms with Crippen molar-refractivity contribution in [2.45, 2.75) is 39.7 Å². The van der Waals surface area contributed by atoms with Crippen LogP contribution in [-0.2, 0) is 6.42 Å². The van der Waals surface area contributed by atoms with Crippen LogP contribution in [0.3, 0.4) is 0 Å². The third-order valence-corrected chi connectivity index (χ3v) is 3.61. The number of hydrogen-bond donors (Lipinski definition) is 1. The van der Waals surface area contributed by atoms with Crippen LogP contribution in [0.25, 0.3) is 0 Å². The molecule has 0 aliphatic rings. The van der Waals surface area contributed by atoms with Crippen molar-refractivity contribution >= 4 is 16.5 Å². The normalized spacial score (nSPS) is 11.4. The van der Waals surface area contributed by atoms with Crippen LogP contribution in [0, 0.1) is 0 Å². The van der Waals surface area contributed by atoms with E-state index >= 15 is 0 Å². The van der Waals surface area contributed by atoms with Gasteiger partial charge in [0.15, 0.2) is 5.13 Å². The van der Waals surface area contributed by atoms with Crippen molar-refractivity contribution in [1.82, 2.24) is 9.88 Å². The van der Waals surface area contributed by atoms with E-state index < -0.39 is 0 Å². The molecule has 0 spiro atoms. The topological polar surface area (TPSA) is 28.2 Å². The molecule has 4 heteroatoms. The highest BCUT2D eigenvalue weighted by atomic mass is 32.1. The van der Waals surface area contributed by atoms with Gasteiger partial charge in [0.2, 0.25) is 0 Å². The van der Waals surface area contributed by atoms with Gasteiger partial charge in [-0.1, -0.05) is 6.92 Å². The van der Waals surface area contributed by atoms with Crippen LogP contribution in [0.1, 0.15) is 32.9 Å². The number of rotatable bonds is 7. The number of nitrogens with one attached hydrogen (secondary N) is 1. The van der Waals surface area contributed by atoms with Crippen molar-refractivity contribution < 1.29 is 0 Å². The maximum Gasteiger partial charge on any atom is 0.182 e. The fourth-order valence-electron chi connectivity index (χ4n) is 1.33. The summed E-state index contributed by atoms with van der Waals surface area (Å²) in [6.45, 7) is 8.73. The van der Waals surface area contributed by atoms with Gasteiger partial charge in [-0.05, 0) is 40.3 Å². The molecule has 0 unspecified atom stereocenters. The maximum atomic E-state index is 4.47. The fourth-order valence-corrected chi connectivity index (χ4v) is 2.15. The Balaban J connectivity index is 2.16. The molecule has 3 nitrogen and oxygen atoms in total. The number of hydrogen-bond acceptors (Lipinski definition) is 4. The second-order valence-electron chi connectivity index (χ2n) is 4.35. The molecule has 1 aromatic rings. The van der Waals surface area contributed by atoms with Crippen LogP contribution in [-0.4, -0.2) is 36.1 Å². The Morgan fingerprint density at radius 1 is 1.50 bits per heavy atom. The maximum absolute atomic E-state index is 4.47. The molecular weight excluding hydrogens is 218 g/mol. The molecule has 0 radical (unpaired) electrons. The lowest BCUT2D eigenvalue weighted by Gasteiger charge is -2.20. The van der Waals surface area contributed by atoms with Crippen LogP contribution >= 0.6 is 11.3 Å². The van der Waals surface area contributed by atoms with E-state index in [1.165, 1.54) is 5.69 Å². The third-order valence-electron chi connectivity index (χ3n) is 2.76. The predicted molar refractivity (Wildman–Crippen MR) is 72.4 cm³/mol. The molecule has 0 aromatic carbocycles. The van der Waals surface area contributed by atoms with Crippen molar-refractivity contribution in [2.24, 2.45) is 0 Å². The van der Waals surface area contributed by atoms with Gasteiger partial charge in [-0.25, -0.2) is 4.98 Å². The van der Waals surface area contributed by atoms with Gasteiger partial charge in [-0.2, -0.15) is 0 Å². The summed E-state index contributed by atoms with van der Waals surface area (Å²) in [5.74, 6) is 0. The molecule has 1 heterocycles. The van der Waals surface area contributed by atoms with Gasteiger partial charge in [0.05, 0.1) is 5.69 Å². The van der Waals surface area contributed by atoms with E-state index in [4.69, 9.17) is 0 Å². The Kier molecular flexibility index (Phi) is 5.77. The average Bonchev–Trinajstić information content (AvgIpc) is 2.71.